The molecule has 3 fully saturated rings. The molecule has 2 aromatic carbocycles. The van der Waals surface area contributed by atoms with Gasteiger partial charge >= 0.3 is 5.97 Å². The number of rotatable bonds is 5. The highest BCUT2D eigenvalue weighted by molar-refractivity contribution is 6.91. The van der Waals surface area contributed by atoms with Crippen molar-refractivity contribution in [3.8, 4) is 0 Å². The second kappa shape index (κ2) is 7.18. The van der Waals surface area contributed by atoms with Crippen LogP contribution in [0.4, 0.5) is 0 Å². The van der Waals surface area contributed by atoms with Crippen molar-refractivity contribution in [2.24, 2.45) is 23.2 Å². The summed E-state index contributed by atoms with van der Waals surface area (Å²) in [6.07, 6.45) is 2.58. The topological polar surface area (TPSA) is 26.3 Å². The molecule has 0 radical (unpaired) electrons. The SMILES string of the molecule is CC1(C)[C@@H]2C[C@H]1[C@H](COC(=O)c1ccccc1)[C@@H]([Si](C)(C)c1ccccc1)C2. The van der Waals surface area contributed by atoms with Crippen LogP contribution in [0.25, 0.3) is 0 Å². The Bertz CT molecular complexity index is 828. The lowest BCUT2D eigenvalue weighted by Gasteiger charge is -2.64. The van der Waals surface area contributed by atoms with Gasteiger partial charge < -0.3 is 4.74 Å². The summed E-state index contributed by atoms with van der Waals surface area (Å²) in [6, 6.07) is 20.5. The van der Waals surface area contributed by atoms with Crippen LogP contribution < -0.4 is 5.19 Å². The largest absolute Gasteiger partial charge is 0.462 e. The monoisotopic (exact) mass is 392 g/mol. The first kappa shape index (κ1) is 19.4. The molecule has 0 heterocycles. The maximum atomic E-state index is 12.6. The van der Waals surface area contributed by atoms with Gasteiger partial charge in [0, 0.05) is 0 Å². The minimum atomic E-state index is -1.66. The van der Waals surface area contributed by atoms with Crippen molar-refractivity contribution in [1.29, 1.82) is 0 Å². The fourth-order valence-electron chi connectivity index (χ4n) is 5.92. The molecule has 2 aromatic rings. The summed E-state index contributed by atoms with van der Waals surface area (Å²) in [7, 11) is -1.66. The first-order valence-corrected chi connectivity index (χ1v) is 13.7. The molecular weight excluding hydrogens is 360 g/mol. The second-order valence-electron chi connectivity index (χ2n) is 9.92. The number of fused-ring (bicyclic) bond motifs is 2. The molecule has 0 aliphatic heterocycles. The van der Waals surface area contributed by atoms with E-state index in [0.29, 0.717) is 35.0 Å². The van der Waals surface area contributed by atoms with Gasteiger partial charge in [0.05, 0.1) is 20.2 Å². The molecule has 2 bridgehead atoms. The molecule has 0 spiro atoms. The number of esters is 1. The summed E-state index contributed by atoms with van der Waals surface area (Å²) in [4.78, 5) is 12.6. The van der Waals surface area contributed by atoms with Crippen LogP contribution in [0.2, 0.25) is 18.6 Å². The third-order valence-electron chi connectivity index (χ3n) is 7.98. The molecular formula is C25H32O2Si. The van der Waals surface area contributed by atoms with Gasteiger partial charge in [0.2, 0.25) is 0 Å². The fraction of sp³-hybridized carbons (Fsp3) is 0.480. The molecule has 28 heavy (non-hydrogen) atoms. The fourth-order valence-corrected chi connectivity index (χ4v) is 9.67. The zero-order valence-electron chi connectivity index (χ0n) is 17.5. The van der Waals surface area contributed by atoms with E-state index in [1.165, 1.54) is 18.0 Å². The van der Waals surface area contributed by atoms with E-state index in [-0.39, 0.29) is 5.97 Å². The summed E-state index contributed by atoms with van der Waals surface area (Å²) < 4.78 is 5.90. The van der Waals surface area contributed by atoms with Gasteiger partial charge in [-0.15, -0.1) is 0 Å². The van der Waals surface area contributed by atoms with Crippen LogP contribution in [0, 0.1) is 23.2 Å². The third kappa shape index (κ3) is 3.24. The van der Waals surface area contributed by atoms with E-state index in [1.807, 2.05) is 30.3 Å². The minimum Gasteiger partial charge on any atom is -0.462 e. The van der Waals surface area contributed by atoms with Crippen molar-refractivity contribution < 1.29 is 9.53 Å². The Hall–Kier alpha value is -1.87. The number of hydrogen-bond acceptors (Lipinski definition) is 2. The van der Waals surface area contributed by atoms with Gasteiger partial charge in [-0.25, -0.2) is 4.79 Å². The predicted octanol–water partition coefficient (Wildman–Crippen LogP) is 5.51. The Kier molecular flexibility index (Phi) is 4.99. The number of hydrogen-bond donors (Lipinski definition) is 0. The zero-order chi connectivity index (χ0) is 19.9. The molecule has 148 valence electrons. The molecule has 2 nitrogen and oxygen atoms in total. The van der Waals surface area contributed by atoms with Crippen LogP contribution in [0.3, 0.4) is 0 Å². The lowest BCUT2D eigenvalue weighted by Crippen LogP contribution is -2.62. The van der Waals surface area contributed by atoms with Crippen LogP contribution in [-0.4, -0.2) is 20.7 Å². The second-order valence-corrected chi connectivity index (χ2v) is 14.7. The Morgan fingerprint density at radius 1 is 1.00 bits per heavy atom. The van der Waals surface area contributed by atoms with Crippen LogP contribution in [0.15, 0.2) is 60.7 Å². The van der Waals surface area contributed by atoms with Crippen LogP contribution in [0.1, 0.15) is 37.0 Å². The molecule has 0 aromatic heterocycles. The van der Waals surface area contributed by atoms with Crippen LogP contribution in [-0.2, 0) is 4.74 Å². The summed E-state index contributed by atoms with van der Waals surface area (Å²) in [5, 5.41) is 1.53. The number of ether oxygens (including phenoxy) is 1. The predicted molar refractivity (Wildman–Crippen MR) is 118 cm³/mol. The molecule has 3 saturated carbocycles. The minimum absolute atomic E-state index is 0.183. The lowest BCUT2D eigenvalue weighted by molar-refractivity contribution is -0.118. The normalized spacial score (nSPS) is 28.3. The van der Waals surface area contributed by atoms with Crippen molar-refractivity contribution >= 4 is 19.2 Å². The van der Waals surface area contributed by atoms with Gasteiger partial charge in [-0.3, -0.25) is 0 Å². The van der Waals surface area contributed by atoms with E-state index in [9.17, 15) is 4.79 Å². The number of carbonyl (C=O) groups excluding carboxylic acids is 1. The molecule has 0 N–H and O–H groups in total. The van der Waals surface area contributed by atoms with Crippen molar-refractivity contribution in [3.05, 3.63) is 66.2 Å². The Morgan fingerprint density at radius 3 is 2.21 bits per heavy atom. The quantitative estimate of drug-likeness (QED) is 0.495. The van der Waals surface area contributed by atoms with Crippen molar-refractivity contribution in [2.45, 2.75) is 45.3 Å². The number of benzene rings is 2. The molecule has 0 amide bonds. The Balaban J connectivity index is 1.57. The van der Waals surface area contributed by atoms with E-state index in [4.69, 9.17) is 4.74 Å². The summed E-state index contributed by atoms with van der Waals surface area (Å²) >= 11 is 0. The average molecular weight is 393 g/mol. The van der Waals surface area contributed by atoms with Gasteiger partial charge in [0.15, 0.2) is 0 Å². The molecule has 3 aliphatic rings. The highest BCUT2D eigenvalue weighted by Gasteiger charge is 2.60. The molecule has 3 aliphatic carbocycles. The van der Waals surface area contributed by atoms with E-state index in [1.54, 1.807) is 0 Å². The summed E-state index contributed by atoms with van der Waals surface area (Å²) in [5.41, 5.74) is 1.69. The smallest absolute Gasteiger partial charge is 0.338 e. The Labute approximate surface area is 170 Å². The van der Waals surface area contributed by atoms with Gasteiger partial charge in [0.25, 0.3) is 0 Å². The molecule has 4 atom stereocenters. The van der Waals surface area contributed by atoms with Crippen LogP contribution in [0.5, 0.6) is 0 Å². The highest BCUT2D eigenvalue weighted by atomic mass is 28.3. The van der Waals surface area contributed by atoms with Crippen molar-refractivity contribution in [2.75, 3.05) is 6.61 Å². The standard InChI is InChI=1S/C25H32O2Si/c1-25(2)19-15-22(25)21(17-27-24(26)18-11-7-5-8-12-18)23(16-19)28(3,4)20-13-9-6-10-14-20/h5-14,19,21-23H,15-17H2,1-4H3/t19-,21+,22+,23+/m1/s1. The first-order chi connectivity index (χ1) is 13.3. The van der Waals surface area contributed by atoms with Gasteiger partial charge in [0.1, 0.15) is 0 Å². The first-order valence-electron chi connectivity index (χ1n) is 10.6. The molecule has 3 heteroatoms. The maximum Gasteiger partial charge on any atom is 0.338 e. The van der Waals surface area contributed by atoms with Crippen LogP contribution >= 0.6 is 0 Å². The van der Waals surface area contributed by atoms with E-state index < -0.39 is 8.07 Å². The van der Waals surface area contributed by atoms with Crippen molar-refractivity contribution in [1.82, 2.24) is 0 Å². The van der Waals surface area contributed by atoms with Crippen molar-refractivity contribution in [3.63, 3.8) is 0 Å². The van der Waals surface area contributed by atoms with Gasteiger partial charge in [-0.05, 0) is 53.7 Å². The molecule has 0 saturated heterocycles. The average Bonchev–Trinajstić information content (AvgIpc) is 2.72. The van der Waals surface area contributed by atoms with Gasteiger partial charge in [-0.1, -0.05) is 80.7 Å². The Morgan fingerprint density at radius 2 is 1.61 bits per heavy atom. The summed E-state index contributed by atoms with van der Waals surface area (Å²) in [5.74, 6) is 1.77. The van der Waals surface area contributed by atoms with E-state index >= 15 is 0 Å². The third-order valence-corrected chi connectivity index (χ3v) is 12.3. The van der Waals surface area contributed by atoms with E-state index in [0.717, 1.165) is 5.92 Å². The summed E-state index contributed by atoms with van der Waals surface area (Å²) in [6.45, 7) is 10.4. The van der Waals surface area contributed by atoms with E-state index in [2.05, 4.69) is 57.3 Å². The molecule has 5 rings (SSSR count). The lowest BCUT2D eigenvalue weighted by atomic mass is 9.45. The zero-order valence-corrected chi connectivity index (χ0v) is 18.5. The number of carbonyl (C=O) groups is 1. The van der Waals surface area contributed by atoms with Gasteiger partial charge in [-0.2, -0.15) is 0 Å². The molecule has 0 unspecified atom stereocenters. The highest BCUT2D eigenvalue weighted by Crippen LogP contribution is 2.66. The maximum absolute atomic E-state index is 12.6.